The molecule has 2 aromatic rings. The summed E-state index contributed by atoms with van der Waals surface area (Å²) in [7, 11) is 1.94. The quantitative estimate of drug-likeness (QED) is 0.723. The maximum Gasteiger partial charge on any atom is 0.279 e. The molecule has 1 atom stereocenters. The molecule has 1 unspecified atom stereocenters. The first-order valence-electron chi connectivity index (χ1n) is 8.18. The summed E-state index contributed by atoms with van der Waals surface area (Å²) in [5.74, 6) is 0.324. The Morgan fingerprint density at radius 3 is 2.64 bits per heavy atom. The lowest BCUT2D eigenvalue weighted by atomic mass is 10.2. The fourth-order valence-electron chi connectivity index (χ4n) is 2.42. The second-order valence-corrected chi connectivity index (χ2v) is 6.07. The average molecular weight is 343 g/mol. The zero-order valence-corrected chi connectivity index (χ0v) is 14.6. The van der Waals surface area contributed by atoms with Gasteiger partial charge < -0.3 is 15.0 Å². The summed E-state index contributed by atoms with van der Waals surface area (Å²) >= 11 is 0. The van der Waals surface area contributed by atoms with Gasteiger partial charge in [-0.15, -0.1) is 0 Å². The molecule has 0 radical (unpaired) electrons. The molecule has 5 heteroatoms. The Balaban J connectivity index is 1.84. The van der Waals surface area contributed by atoms with E-state index in [9.17, 15) is 9.18 Å². The van der Waals surface area contributed by atoms with Gasteiger partial charge in [-0.2, -0.15) is 0 Å². The van der Waals surface area contributed by atoms with Crippen LogP contribution in [0.4, 0.5) is 10.1 Å². The Labute approximate surface area is 147 Å². The highest BCUT2D eigenvalue weighted by Gasteiger charge is 2.11. The van der Waals surface area contributed by atoms with Crippen LogP contribution in [-0.4, -0.2) is 26.1 Å². The molecule has 4 nitrogen and oxygen atoms in total. The standard InChI is InChI=1S/C20H23FN2O2/c1-4-11-25-18-9-6-16(7-10-18)13-23(3)14-20(24)22-17-8-5-15(2)19(21)12-17/h4-10,12H,1,11,13-14H2,2-3H3,(H,22,24)/p+1. The first kappa shape index (κ1) is 18.7. The van der Waals surface area contributed by atoms with Gasteiger partial charge in [0.05, 0.1) is 7.05 Å². The molecule has 0 heterocycles. The molecule has 0 aliphatic carbocycles. The Hall–Kier alpha value is -2.66. The molecular formula is C20H24FN2O2+. The Kier molecular flexibility index (Phi) is 6.71. The number of hydrogen-bond acceptors (Lipinski definition) is 2. The van der Waals surface area contributed by atoms with Crippen LogP contribution in [0.15, 0.2) is 55.1 Å². The minimum absolute atomic E-state index is 0.147. The molecule has 1 amide bonds. The first-order valence-corrected chi connectivity index (χ1v) is 8.18. The molecule has 0 spiro atoms. The van der Waals surface area contributed by atoms with Gasteiger partial charge >= 0.3 is 0 Å². The summed E-state index contributed by atoms with van der Waals surface area (Å²) in [6, 6.07) is 12.5. The number of hydrogen-bond donors (Lipinski definition) is 2. The lowest BCUT2D eigenvalue weighted by molar-refractivity contribution is -0.885. The molecular weight excluding hydrogens is 319 g/mol. The van der Waals surface area contributed by atoms with E-state index in [2.05, 4.69) is 11.9 Å². The van der Waals surface area contributed by atoms with E-state index in [0.29, 0.717) is 30.9 Å². The number of carbonyl (C=O) groups excluding carboxylic acids is 1. The van der Waals surface area contributed by atoms with E-state index < -0.39 is 0 Å². The minimum atomic E-state index is -0.322. The normalized spacial score (nSPS) is 11.6. The van der Waals surface area contributed by atoms with Gasteiger partial charge in [-0.25, -0.2) is 4.39 Å². The van der Waals surface area contributed by atoms with Gasteiger partial charge in [0.1, 0.15) is 24.7 Å². The van der Waals surface area contributed by atoms with E-state index in [1.807, 2.05) is 31.3 Å². The van der Waals surface area contributed by atoms with E-state index in [1.165, 1.54) is 6.07 Å². The molecule has 0 saturated heterocycles. The Bertz CT molecular complexity index is 729. The molecule has 25 heavy (non-hydrogen) atoms. The minimum Gasteiger partial charge on any atom is -0.490 e. The van der Waals surface area contributed by atoms with Gasteiger partial charge in [-0.1, -0.05) is 18.7 Å². The summed E-state index contributed by atoms with van der Waals surface area (Å²) in [5, 5.41) is 2.73. The van der Waals surface area contributed by atoms with Gasteiger partial charge in [0.25, 0.3) is 5.91 Å². The number of quaternary nitrogens is 1. The maximum absolute atomic E-state index is 13.5. The Morgan fingerprint density at radius 2 is 2.00 bits per heavy atom. The highest BCUT2D eigenvalue weighted by atomic mass is 19.1. The van der Waals surface area contributed by atoms with Crippen LogP contribution in [0.1, 0.15) is 11.1 Å². The molecule has 0 fully saturated rings. The molecule has 2 aromatic carbocycles. The number of ether oxygens (including phenoxy) is 1. The number of benzene rings is 2. The third-order valence-electron chi connectivity index (χ3n) is 3.72. The van der Waals surface area contributed by atoms with Crippen LogP contribution in [0.2, 0.25) is 0 Å². The summed E-state index contributed by atoms with van der Waals surface area (Å²) in [6.45, 7) is 6.78. The smallest absolute Gasteiger partial charge is 0.279 e. The molecule has 0 aliphatic rings. The number of halogens is 1. The Morgan fingerprint density at radius 1 is 1.28 bits per heavy atom. The number of aryl methyl sites for hydroxylation is 1. The van der Waals surface area contributed by atoms with Gasteiger partial charge in [-0.05, 0) is 48.9 Å². The van der Waals surface area contributed by atoms with E-state index in [1.54, 1.807) is 25.1 Å². The van der Waals surface area contributed by atoms with Crippen molar-refractivity contribution in [1.29, 1.82) is 0 Å². The summed E-state index contributed by atoms with van der Waals surface area (Å²) in [5.41, 5.74) is 2.14. The number of amides is 1. The van der Waals surface area contributed by atoms with Crippen LogP contribution in [-0.2, 0) is 11.3 Å². The van der Waals surface area contributed by atoms with Crippen molar-refractivity contribution in [3.05, 3.63) is 72.1 Å². The average Bonchev–Trinajstić information content (AvgIpc) is 2.57. The number of nitrogens with one attached hydrogen (secondary N) is 2. The van der Waals surface area contributed by atoms with Crippen LogP contribution in [0.25, 0.3) is 0 Å². The molecule has 0 saturated carbocycles. The molecule has 2 N–H and O–H groups in total. The van der Waals surface area contributed by atoms with Crippen LogP contribution in [0, 0.1) is 12.7 Å². The van der Waals surface area contributed by atoms with Crippen molar-refractivity contribution in [2.45, 2.75) is 13.5 Å². The predicted molar refractivity (Wildman–Crippen MR) is 97.4 cm³/mol. The van der Waals surface area contributed by atoms with Crippen molar-refractivity contribution in [3.8, 4) is 5.75 Å². The third kappa shape index (κ3) is 6.04. The van der Waals surface area contributed by atoms with Crippen molar-refractivity contribution in [3.63, 3.8) is 0 Å². The third-order valence-corrected chi connectivity index (χ3v) is 3.72. The lowest BCUT2D eigenvalue weighted by Crippen LogP contribution is -3.08. The summed E-state index contributed by atoms with van der Waals surface area (Å²) in [4.78, 5) is 13.1. The van der Waals surface area contributed by atoms with Crippen molar-refractivity contribution in [2.75, 3.05) is 25.5 Å². The van der Waals surface area contributed by atoms with Gasteiger partial charge in [0.2, 0.25) is 0 Å². The summed E-state index contributed by atoms with van der Waals surface area (Å²) in [6.07, 6.45) is 1.70. The lowest BCUT2D eigenvalue weighted by Gasteiger charge is -2.14. The van der Waals surface area contributed by atoms with Gasteiger partial charge in [0, 0.05) is 11.3 Å². The van der Waals surface area contributed by atoms with Crippen molar-refractivity contribution < 1.29 is 18.8 Å². The molecule has 132 valence electrons. The van der Waals surface area contributed by atoms with Crippen molar-refractivity contribution in [1.82, 2.24) is 0 Å². The van der Waals surface area contributed by atoms with Crippen molar-refractivity contribution in [2.24, 2.45) is 0 Å². The molecule has 0 aromatic heterocycles. The van der Waals surface area contributed by atoms with Crippen LogP contribution >= 0.6 is 0 Å². The fourth-order valence-corrected chi connectivity index (χ4v) is 2.42. The van der Waals surface area contributed by atoms with E-state index in [0.717, 1.165) is 16.2 Å². The van der Waals surface area contributed by atoms with E-state index in [-0.39, 0.29) is 11.7 Å². The second-order valence-electron chi connectivity index (χ2n) is 6.07. The zero-order valence-electron chi connectivity index (χ0n) is 14.6. The van der Waals surface area contributed by atoms with Crippen LogP contribution in [0.5, 0.6) is 5.75 Å². The number of likely N-dealkylation sites (N-methyl/N-ethyl adjacent to an activating group) is 1. The topological polar surface area (TPSA) is 42.8 Å². The molecule has 0 bridgehead atoms. The summed E-state index contributed by atoms with van der Waals surface area (Å²) < 4.78 is 19.0. The monoisotopic (exact) mass is 343 g/mol. The van der Waals surface area contributed by atoms with Crippen LogP contribution < -0.4 is 15.0 Å². The van der Waals surface area contributed by atoms with Crippen LogP contribution in [0.3, 0.4) is 0 Å². The predicted octanol–water partition coefficient (Wildman–Crippen LogP) is 2.35. The largest absolute Gasteiger partial charge is 0.490 e. The van der Waals surface area contributed by atoms with E-state index >= 15 is 0 Å². The SMILES string of the molecule is C=CCOc1ccc(C[NH+](C)CC(=O)Nc2ccc(C)c(F)c2)cc1. The highest BCUT2D eigenvalue weighted by Crippen LogP contribution is 2.13. The van der Waals surface area contributed by atoms with E-state index in [4.69, 9.17) is 4.74 Å². The van der Waals surface area contributed by atoms with Crippen molar-refractivity contribution >= 4 is 11.6 Å². The number of rotatable bonds is 8. The zero-order chi connectivity index (χ0) is 18.2. The molecule has 0 aliphatic heterocycles. The highest BCUT2D eigenvalue weighted by molar-refractivity contribution is 5.91. The number of carbonyl (C=O) groups is 1. The van der Waals surface area contributed by atoms with Gasteiger partial charge in [0.15, 0.2) is 6.54 Å². The fraction of sp³-hybridized carbons (Fsp3) is 0.250. The number of anilines is 1. The van der Waals surface area contributed by atoms with Gasteiger partial charge in [-0.3, -0.25) is 4.79 Å². The maximum atomic E-state index is 13.5. The second kappa shape index (κ2) is 8.99. The molecule has 2 rings (SSSR count). The first-order chi connectivity index (χ1) is 12.0.